The largest absolute Gasteiger partial charge is 0.462 e. The molecule has 0 fully saturated rings. The van der Waals surface area contributed by atoms with Crippen molar-refractivity contribution in [3.8, 4) is 0 Å². The number of esters is 1. The van der Waals surface area contributed by atoms with E-state index in [4.69, 9.17) is 16.3 Å². The van der Waals surface area contributed by atoms with Gasteiger partial charge in [-0.1, -0.05) is 23.7 Å². The average molecular weight is 292 g/mol. The van der Waals surface area contributed by atoms with Gasteiger partial charge in [-0.3, -0.25) is 0 Å². The number of ether oxygens (including phenoxy) is 1. The van der Waals surface area contributed by atoms with E-state index in [1.54, 1.807) is 6.92 Å². The number of hydrogen-bond donors (Lipinski definition) is 1. The van der Waals surface area contributed by atoms with Crippen LogP contribution in [0.3, 0.4) is 0 Å². The van der Waals surface area contributed by atoms with Gasteiger partial charge in [0.15, 0.2) is 0 Å². The third kappa shape index (κ3) is 3.93. The lowest BCUT2D eigenvalue weighted by Gasteiger charge is -2.05. The van der Waals surface area contributed by atoms with Crippen LogP contribution in [0.4, 0.5) is 5.95 Å². The maximum Gasteiger partial charge on any atom is 0.341 e. The van der Waals surface area contributed by atoms with Crippen molar-refractivity contribution in [2.75, 3.05) is 11.9 Å². The average Bonchev–Trinajstić information content (AvgIpc) is 2.47. The van der Waals surface area contributed by atoms with E-state index >= 15 is 0 Å². The fourth-order valence-electron chi connectivity index (χ4n) is 1.52. The Hall–Kier alpha value is -2.14. The van der Waals surface area contributed by atoms with Crippen molar-refractivity contribution in [1.29, 1.82) is 0 Å². The van der Waals surface area contributed by atoms with E-state index in [9.17, 15) is 4.79 Å². The van der Waals surface area contributed by atoms with Crippen LogP contribution >= 0.6 is 11.6 Å². The molecule has 0 aliphatic rings. The molecule has 0 unspecified atom stereocenters. The molecule has 2 aromatic rings. The van der Waals surface area contributed by atoms with Gasteiger partial charge in [-0.15, -0.1) is 0 Å². The Bertz CT molecular complexity index is 570. The van der Waals surface area contributed by atoms with Crippen molar-refractivity contribution in [2.24, 2.45) is 0 Å². The molecule has 0 radical (unpaired) electrons. The van der Waals surface area contributed by atoms with Gasteiger partial charge in [0.25, 0.3) is 0 Å². The minimum absolute atomic E-state index is 0.329. The summed E-state index contributed by atoms with van der Waals surface area (Å²) in [6.45, 7) is 2.66. The van der Waals surface area contributed by atoms with Crippen molar-refractivity contribution in [1.82, 2.24) is 9.97 Å². The van der Waals surface area contributed by atoms with Crippen LogP contribution in [0.1, 0.15) is 22.8 Å². The van der Waals surface area contributed by atoms with Gasteiger partial charge in [0.2, 0.25) is 5.95 Å². The van der Waals surface area contributed by atoms with Gasteiger partial charge < -0.3 is 10.1 Å². The molecule has 0 spiro atoms. The zero-order valence-corrected chi connectivity index (χ0v) is 11.7. The molecule has 1 N–H and O–H groups in total. The number of aromatic nitrogens is 2. The highest BCUT2D eigenvalue weighted by molar-refractivity contribution is 6.30. The summed E-state index contributed by atoms with van der Waals surface area (Å²) in [6.07, 6.45) is 2.88. The molecule has 6 heteroatoms. The van der Waals surface area contributed by atoms with Crippen LogP contribution in [0, 0.1) is 0 Å². The Morgan fingerprint density at radius 2 is 1.90 bits per heavy atom. The van der Waals surface area contributed by atoms with E-state index in [1.165, 1.54) is 12.4 Å². The minimum atomic E-state index is -0.420. The SMILES string of the molecule is CCOC(=O)c1cnc(NCc2ccc(Cl)cc2)nc1. The Kier molecular flexibility index (Phi) is 4.90. The molecule has 2 rings (SSSR count). The molecular formula is C14H14ClN3O2. The van der Waals surface area contributed by atoms with Gasteiger partial charge in [0.05, 0.1) is 12.2 Å². The summed E-state index contributed by atoms with van der Waals surface area (Å²) in [5.41, 5.74) is 1.40. The minimum Gasteiger partial charge on any atom is -0.462 e. The molecule has 0 aliphatic heterocycles. The Balaban J connectivity index is 1.93. The first kappa shape index (κ1) is 14.3. The van der Waals surface area contributed by atoms with Crippen LogP contribution in [0.5, 0.6) is 0 Å². The summed E-state index contributed by atoms with van der Waals surface area (Å²) in [5.74, 6) is 0.0322. The summed E-state index contributed by atoms with van der Waals surface area (Å²) in [7, 11) is 0. The number of anilines is 1. The zero-order chi connectivity index (χ0) is 14.4. The maximum atomic E-state index is 11.4. The molecule has 0 saturated heterocycles. The standard InChI is InChI=1S/C14H14ClN3O2/c1-2-20-13(19)11-8-17-14(18-9-11)16-7-10-3-5-12(15)6-4-10/h3-6,8-9H,2,7H2,1H3,(H,16,17,18). The van der Waals surface area contributed by atoms with Gasteiger partial charge in [-0.25, -0.2) is 14.8 Å². The number of nitrogens with one attached hydrogen (secondary N) is 1. The number of hydrogen-bond acceptors (Lipinski definition) is 5. The van der Waals surface area contributed by atoms with E-state index in [1.807, 2.05) is 24.3 Å². The lowest BCUT2D eigenvalue weighted by molar-refractivity contribution is 0.0525. The summed E-state index contributed by atoms with van der Waals surface area (Å²) in [6, 6.07) is 7.48. The maximum absolute atomic E-state index is 11.4. The first-order chi connectivity index (χ1) is 9.69. The number of nitrogens with zero attached hydrogens (tertiary/aromatic N) is 2. The molecule has 1 heterocycles. The Morgan fingerprint density at radius 1 is 1.25 bits per heavy atom. The lowest BCUT2D eigenvalue weighted by atomic mass is 10.2. The summed E-state index contributed by atoms with van der Waals surface area (Å²) >= 11 is 5.81. The Morgan fingerprint density at radius 3 is 2.50 bits per heavy atom. The van der Waals surface area contributed by atoms with Gasteiger partial charge >= 0.3 is 5.97 Å². The number of carbonyl (C=O) groups is 1. The highest BCUT2D eigenvalue weighted by Gasteiger charge is 2.07. The van der Waals surface area contributed by atoms with Crippen LogP contribution < -0.4 is 5.32 Å². The van der Waals surface area contributed by atoms with Crippen molar-refractivity contribution >= 4 is 23.5 Å². The zero-order valence-electron chi connectivity index (χ0n) is 11.0. The predicted octanol–water partition coefficient (Wildman–Crippen LogP) is 2.92. The van der Waals surface area contributed by atoms with E-state index in [-0.39, 0.29) is 0 Å². The number of halogens is 1. The van der Waals surface area contributed by atoms with Crippen LogP contribution in [0.15, 0.2) is 36.7 Å². The molecule has 0 amide bonds. The third-order valence-corrected chi connectivity index (χ3v) is 2.78. The molecule has 1 aromatic heterocycles. The van der Waals surface area contributed by atoms with E-state index < -0.39 is 5.97 Å². The molecule has 104 valence electrons. The van der Waals surface area contributed by atoms with Crippen LogP contribution in [-0.2, 0) is 11.3 Å². The molecule has 1 aromatic carbocycles. The second kappa shape index (κ2) is 6.86. The lowest BCUT2D eigenvalue weighted by Crippen LogP contribution is -2.08. The van der Waals surface area contributed by atoms with Crippen molar-refractivity contribution in [3.05, 3.63) is 52.8 Å². The first-order valence-electron chi connectivity index (χ1n) is 6.16. The molecule has 0 saturated carbocycles. The summed E-state index contributed by atoms with van der Waals surface area (Å²) in [4.78, 5) is 19.6. The molecule has 0 bridgehead atoms. The van der Waals surface area contributed by atoms with Gasteiger partial charge in [0, 0.05) is 24.0 Å². The van der Waals surface area contributed by atoms with E-state index in [0.29, 0.717) is 29.7 Å². The molecule has 5 nitrogen and oxygen atoms in total. The number of benzene rings is 1. The second-order valence-electron chi connectivity index (χ2n) is 4.00. The Labute approximate surface area is 122 Å². The van der Waals surface area contributed by atoms with Gasteiger partial charge in [0.1, 0.15) is 0 Å². The first-order valence-corrected chi connectivity index (χ1v) is 6.54. The highest BCUT2D eigenvalue weighted by Crippen LogP contribution is 2.10. The van der Waals surface area contributed by atoms with E-state index in [0.717, 1.165) is 5.56 Å². The number of carbonyl (C=O) groups excluding carboxylic acids is 1. The third-order valence-electron chi connectivity index (χ3n) is 2.53. The van der Waals surface area contributed by atoms with Gasteiger partial charge in [-0.05, 0) is 24.6 Å². The van der Waals surface area contributed by atoms with Crippen molar-refractivity contribution in [2.45, 2.75) is 13.5 Å². The molecule has 0 aliphatic carbocycles. The summed E-state index contributed by atoms with van der Waals surface area (Å²) < 4.78 is 4.86. The molecule has 20 heavy (non-hydrogen) atoms. The number of rotatable bonds is 5. The monoisotopic (exact) mass is 291 g/mol. The quantitative estimate of drug-likeness (QED) is 0.858. The fourth-order valence-corrected chi connectivity index (χ4v) is 1.65. The van der Waals surface area contributed by atoms with Crippen LogP contribution in [-0.4, -0.2) is 22.5 Å². The van der Waals surface area contributed by atoms with E-state index in [2.05, 4.69) is 15.3 Å². The summed E-state index contributed by atoms with van der Waals surface area (Å²) in [5, 5.41) is 3.76. The molecule has 0 atom stereocenters. The van der Waals surface area contributed by atoms with Gasteiger partial charge in [-0.2, -0.15) is 0 Å². The topological polar surface area (TPSA) is 64.1 Å². The van der Waals surface area contributed by atoms with Crippen molar-refractivity contribution in [3.63, 3.8) is 0 Å². The normalized spacial score (nSPS) is 10.1. The van der Waals surface area contributed by atoms with Crippen molar-refractivity contribution < 1.29 is 9.53 Å². The smallest absolute Gasteiger partial charge is 0.341 e. The van der Waals surface area contributed by atoms with Crippen LogP contribution in [0.2, 0.25) is 5.02 Å². The molecular weight excluding hydrogens is 278 g/mol. The van der Waals surface area contributed by atoms with Crippen LogP contribution in [0.25, 0.3) is 0 Å². The fraction of sp³-hybridized carbons (Fsp3) is 0.214. The predicted molar refractivity (Wildman–Crippen MR) is 76.8 cm³/mol. The second-order valence-corrected chi connectivity index (χ2v) is 4.43. The highest BCUT2D eigenvalue weighted by atomic mass is 35.5.